The van der Waals surface area contributed by atoms with E-state index in [1.54, 1.807) is 12.3 Å². The number of rotatable bonds is 5. The fourth-order valence-electron chi connectivity index (χ4n) is 1.88. The van der Waals surface area contributed by atoms with Gasteiger partial charge < -0.3 is 9.15 Å². The van der Waals surface area contributed by atoms with Gasteiger partial charge in [-0.2, -0.15) is 0 Å². The summed E-state index contributed by atoms with van der Waals surface area (Å²) in [6.07, 6.45) is 3.09. The Balaban J connectivity index is 1.55. The molecule has 102 valence electrons. The molecule has 5 heteroatoms. The number of hydrogen-bond donors (Lipinski definition) is 0. The largest absolute Gasteiger partial charge is 0.494 e. The molecule has 0 fully saturated rings. The molecule has 0 aliphatic heterocycles. The number of fused-ring (bicyclic) bond motifs is 1. The third-order valence-corrected chi connectivity index (χ3v) is 3.01. The van der Waals surface area contributed by atoms with Crippen LogP contribution in [0.2, 0.25) is 5.02 Å². The molecule has 0 unspecified atom stereocenters. The van der Waals surface area contributed by atoms with Crippen molar-refractivity contribution in [3.05, 3.63) is 53.5 Å². The molecule has 0 bridgehead atoms. The van der Waals surface area contributed by atoms with Crippen LogP contribution in [0.1, 0.15) is 12.3 Å². The van der Waals surface area contributed by atoms with Gasteiger partial charge in [0, 0.05) is 12.6 Å². The third kappa shape index (κ3) is 3.08. The van der Waals surface area contributed by atoms with Crippen molar-refractivity contribution in [1.29, 1.82) is 0 Å². The Morgan fingerprint density at radius 3 is 2.90 bits per heavy atom. The van der Waals surface area contributed by atoms with E-state index in [1.165, 1.54) is 0 Å². The van der Waals surface area contributed by atoms with Gasteiger partial charge in [-0.25, -0.2) is 9.97 Å². The minimum Gasteiger partial charge on any atom is -0.494 e. The molecular formula is C15H13ClN2O2. The van der Waals surface area contributed by atoms with E-state index in [2.05, 4.69) is 9.97 Å². The van der Waals surface area contributed by atoms with Crippen LogP contribution in [0.4, 0.5) is 0 Å². The van der Waals surface area contributed by atoms with Crippen LogP contribution >= 0.6 is 11.6 Å². The van der Waals surface area contributed by atoms with Gasteiger partial charge in [0.05, 0.1) is 11.6 Å². The topological polar surface area (TPSA) is 48.2 Å². The van der Waals surface area contributed by atoms with Crippen LogP contribution in [0.3, 0.4) is 0 Å². The van der Waals surface area contributed by atoms with Crippen molar-refractivity contribution < 1.29 is 9.15 Å². The van der Waals surface area contributed by atoms with Gasteiger partial charge in [0.2, 0.25) is 5.71 Å². The van der Waals surface area contributed by atoms with Gasteiger partial charge in [0.25, 0.3) is 0 Å². The molecule has 0 radical (unpaired) electrons. The Hall–Kier alpha value is -2.07. The first kappa shape index (κ1) is 12.9. The van der Waals surface area contributed by atoms with Crippen LogP contribution < -0.4 is 4.74 Å². The number of aryl methyl sites for hydroxylation is 1. The molecule has 0 aliphatic carbocycles. The average molecular weight is 289 g/mol. The molecule has 0 aliphatic rings. The molecule has 0 spiro atoms. The fourth-order valence-corrected chi connectivity index (χ4v) is 2.03. The Morgan fingerprint density at radius 2 is 2.05 bits per heavy atom. The van der Waals surface area contributed by atoms with Crippen molar-refractivity contribution >= 4 is 22.8 Å². The number of ether oxygens (including phenoxy) is 1. The Morgan fingerprint density at radius 1 is 1.20 bits per heavy atom. The molecule has 0 saturated heterocycles. The van der Waals surface area contributed by atoms with E-state index in [0.717, 1.165) is 12.2 Å². The lowest BCUT2D eigenvalue weighted by atomic mass is 10.3. The molecule has 0 N–H and O–H groups in total. The molecule has 0 atom stereocenters. The molecule has 2 heterocycles. The molecule has 0 saturated carbocycles. The van der Waals surface area contributed by atoms with E-state index in [0.29, 0.717) is 35.2 Å². The van der Waals surface area contributed by atoms with Gasteiger partial charge in [0.15, 0.2) is 5.89 Å². The first-order valence-electron chi connectivity index (χ1n) is 6.40. The maximum atomic E-state index is 5.86. The summed E-state index contributed by atoms with van der Waals surface area (Å²) in [5, 5.41) is 0.560. The Kier molecular flexibility index (Phi) is 3.83. The molecule has 0 amide bonds. The SMILES string of the molecule is Clc1cnc2oc(CCCOc3ccccc3)nc2c1. The van der Waals surface area contributed by atoms with Crippen molar-refractivity contribution in [2.45, 2.75) is 12.8 Å². The number of pyridine rings is 1. The van der Waals surface area contributed by atoms with E-state index in [-0.39, 0.29) is 0 Å². The van der Waals surface area contributed by atoms with Gasteiger partial charge in [0.1, 0.15) is 11.3 Å². The second kappa shape index (κ2) is 5.92. The molecule has 4 nitrogen and oxygen atoms in total. The highest BCUT2D eigenvalue weighted by molar-refractivity contribution is 6.30. The third-order valence-electron chi connectivity index (χ3n) is 2.81. The van der Waals surface area contributed by atoms with Crippen LogP contribution in [-0.4, -0.2) is 16.6 Å². The quantitative estimate of drug-likeness (QED) is 0.668. The van der Waals surface area contributed by atoms with Crippen molar-refractivity contribution in [3.8, 4) is 5.75 Å². The average Bonchev–Trinajstić information content (AvgIpc) is 2.86. The Labute approximate surface area is 121 Å². The lowest BCUT2D eigenvalue weighted by Crippen LogP contribution is -1.99. The summed E-state index contributed by atoms with van der Waals surface area (Å²) in [4.78, 5) is 8.43. The summed E-state index contributed by atoms with van der Waals surface area (Å²) in [7, 11) is 0. The number of nitrogens with zero attached hydrogens (tertiary/aromatic N) is 2. The highest BCUT2D eigenvalue weighted by atomic mass is 35.5. The van der Waals surface area contributed by atoms with E-state index >= 15 is 0 Å². The normalized spacial score (nSPS) is 10.8. The fraction of sp³-hybridized carbons (Fsp3) is 0.200. The van der Waals surface area contributed by atoms with Gasteiger partial charge in [-0.3, -0.25) is 0 Å². The molecule has 3 aromatic rings. The number of halogens is 1. The first-order chi connectivity index (χ1) is 9.81. The summed E-state index contributed by atoms with van der Waals surface area (Å²) < 4.78 is 11.2. The Bertz CT molecular complexity index is 697. The van der Waals surface area contributed by atoms with E-state index in [1.807, 2.05) is 30.3 Å². The van der Waals surface area contributed by atoms with Crippen molar-refractivity contribution in [2.24, 2.45) is 0 Å². The van der Waals surface area contributed by atoms with Gasteiger partial charge >= 0.3 is 0 Å². The van der Waals surface area contributed by atoms with Crippen molar-refractivity contribution in [1.82, 2.24) is 9.97 Å². The number of aromatic nitrogens is 2. The second-order valence-corrected chi connectivity index (χ2v) is 4.79. The van der Waals surface area contributed by atoms with Crippen molar-refractivity contribution in [3.63, 3.8) is 0 Å². The minimum atomic E-state index is 0.522. The maximum Gasteiger partial charge on any atom is 0.247 e. The van der Waals surface area contributed by atoms with Crippen LogP contribution in [0, 0.1) is 0 Å². The summed E-state index contributed by atoms with van der Waals surface area (Å²) in [5.74, 6) is 1.53. The predicted molar refractivity (Wildman–Crippen MR) is 77.1 cm³/mol. The smallest absolute Gasteiger partial charge is 0.247 e. The maximum absolute atomic E-state index is 5.86. The predicted octanol–water partition coefficient (Wildman–Crippen LogP) is 3.89. The number of benzene rings is 1. The zero-order valence-corrected chi connectivity index (χ0v) is 11.5. The molecule has 3 rings (SSSR count). The molecule has 1 aromatic carbocycles. The van der Waals surface area contributed by atoms with E-state index in [9.17, 15) is 0 Å². The van der Waals surface area contributed by atoms with Gasteiger partial charge in [-0.15, -0.1) is 0 Å². The van der Waals surface area contributed by atoms with Crippen molar-refractivity contribution in [2.75, 3.05) is 6.61 Å². The molecule has 20 heavy (non-hydrogen) atoms. The number of oxazole rings is 1. The highest BCUT2D eigenvalue weighted by Gasteiger charge is 2.07. The zero-order chi connectivity index (χ0) is 13.8. The van der Waals surface area contributed by atoms with Crippen LogP contribution in [-0.2, 0) is 6.42 Å². The summed E-state index contributed by atoms with van der Waals surface area (Å²) >= 11 is 5.86. The monoisotopic (exact) mass is 288 g/mol. The number of hydrogen-bond acceptors (Lipinski definition) is 4. The van der Waals surface area contributed by atoms with E-state index < -0.39 is 0 Å². The molecule has 2 aromatic heterocycles. The summed E-state index contributed by atoms with van der Waals surface area (Å²) in [6.45, 7) is 0.622. The van der Waals surface area contributed by atoms with E-state index in [4.69, 9.17) is 20.8 Å². The highest BCUT2D eigenvalue weighted by Crippen LogP contribution is 2.18. The second-order valence-electron chi connectivity index (χ2n) is 4.35. The zero-order valence-electron chi connectivity index (χ0n) is 10.8. The minimum absolute atomic E-state index is 0.522. The van der Waals surface area contributed by atoms with Crippen LogP contribution in [0.25, 0.3) is 11.2 Å². The standard InChI is InChI=1S/C15H13ClN2O2/c16-11-9-13-15(17-10-11)20-14(18-13)7-4-8-19-12-5-2-1-3-6-12/h1-3,5-6,9-10H,4,7-8H2. The summed E-state index contributed by atoms with van der Waals surface area (Å²) in [5.41, 5.74) is 1.21. The first-order valence-corrected chi connectivity index (χ1v) is 6.78. The summed E-state index contributed by atoms with van der Waals surface area (Å²) in [6, 6.07) is 11.5. The van der Waals surface area contributed by atoms with Crippen LogP contribution in [0.15, 0.2) is 47.0 Å². The van der Waals surface area contributed by atoms with Crippen LogP contribution in [0.5, 0.6) is 5.75 Å². The molecular weight excluding hydrogens is 276 g/mol. The number of para-hydroxylation sites is 1. The lowest BCUT2D eigenvalue weighted by Gasteiger charge is -2.03. The van der Waals surface area contributed by atoms with Gasteiger partial charge in [-0.1, -0.05) is 29.8 Å². The van der Waals surface area contributed by atoms with Gasteiger partial charge in [-0.05, 0) is 24.6 Å². The lowest BCUT2D eigenvalue weighted by molar-refractivity contribution is 0.305.